The highest BCUT2D eigenvalue weighted by Gasteiger charge is 2.65. The number of hydrogen-bond donors (Lipinski definition) is 1. The molecule has 1 aliphatic heterocycles. The van der Waals surface area contributed by atoms with Crippen molar-refractivity contribution < 1.29 is 7.33 Å². The van der Waals surface area contributed by atoms with Crippen LogP contribution in [0.1, 0.15) is 27.7 Å². The van der Waals surface area contributed by atoms with Crippen LogP contribution in [0.15, 0.2) is 0 Å². The van der Waals surface area contributed by atoms with Crippen LogP contribution in [-0.2, 0) is 0 Å². The van der Waals surface area contributed by atoms with Crippen LogP contribution in [0.25, 0.3) is 0 Å². The Bertz CT molecular complexity index is 236. The lowest BCUT2D eigenvalue weighted by Crippen LogP contribution is -2.54. The summed E-state index contributed by atoms with van der Waals surface area (Å²) < 4.78 is 0.0278. The van der Waals surface area contributed by atoms with E-state index in [-0.39, 0.29) is 19.6 Å². The summed E-state index contributed by atoms with van der Waals surface area (Å²) >= 11 is 6.69. The first kappa shape index (κ1) is 10.5. The predicted molar refractivity (Wildman–Crippen MR) is 54.8 cm³/mol. The van der Waals surface area contributed by atoms with Gasteiger partial charge in [-0.05, 0) is 27.7 Å². The molecule has 0 unspecified atom stereocenters. The van der Waals surface area contributed by atoms with Gasteiger partial charge in [0.2, 0.25) is 0 Å². The second-order valence-electron chi connectivity index (χ2n) is 4.13. The maximum absolute atomic E-state index is 11.5. The fourth-order valence-corrected chi connectivity index (χ4v) is 2.16. The molecule has 70 valence electrons. The summed E-state index contributed by atoms with van der Waals surface area (Å²) in [5.74, 6) is 0. The molecule has 1 rings (SSSR count). The van der Waals surface area contributed by atoms with Crippen LogP contribution in [0.3, 0.4) is 0 Å². The normalized spacial score (nSPS) is 30.0. The van der Waals surface area contributed by atoms with Gasteiger partial charge in [-0.3, -0.25) is 5.32 Å². The summed E-state index contributed by atoms with van der Waals surface area (Å²) in [5, 5.41) is 2.91. The minimum atomic E-state index is -0.232. The summed E-state index contributed by atoms with van der Waals surface area (Å²) in [6.45, 7) is 8.06. The van der Waals surface area contributed by atoms with E-state index in [2.05, 4.69) is 37.6 Å². The molecular weight excluding hydrogens is 288 g/mol. The van der Waals surface area contributed by atoms with Crippen molar-refractivity contribution in [3.63, 3.8) is 0 Å². The van der Waals surface area contributed by atoms with E-state index in [9.17, 15) is 4.79 Å². The van der Waals surface area contributed by atoms with E-state index in [0.29, 0.717) is 0 Å². The highest BCUT2D eigenvalue weighted by atomic mass is 79.9. The zero-order valence-electron chi connectivity index (χ0n) is 7.61. The Hall–Kier alpha value is 0.390. The zero-order chi connectivity index (χ0) is 9.78. The lowest BCUT2D eigenvalue weighted by Gasteiger charge is -2.35. The first-order valence-corrected chi connectivity index (χ1v) is 5.16. The molecule has 3 nitrogen and oxygen atoms in total. The molecule has 5 heteroatoms. The molecule has 12 heavy (non-hydrogen) atoms. The number of rotatable bonds is 0. The molecule has 1 heterocycles. The van der Waals surface area contributed by atoms with E-state index in [1.165, 1.54) is 0 Å². The van der Waals surface area contributed by atoms with Gasteiger partial charge in [0.15, 0.2) is 0 Å². The molecule has 1 fully saturated rings. The number of carbonyl (C=O) groups excluding carboxylic acids is 1. The molecule has 1 aliphatic rings. The fraction of sp³-hybridized carbons (Fsp3) is 0.857. The maximum atomic E-state index is 11.5. The molecule has 0 atom stereocenters. The Labute approximate surface area is 89.8 Å². The standard InChI is InChI=1S/C7H12Br2N2O/c1-6(2)7(3,4)11(8,9)5(12)10-6/h1-4H3/p+1. The van der Waals surface area contributed by atoms with Gasteiger partial charge in [0.25, 0.3) is 32.3 Å². The SMILES string of the molecule is CC1(C)NC(=O)[N+](Br)(Br)C1(C)C. The summed E-state index contributed by atoms with van der Waals surface area (Å²) in [4.78, 5) is 11.5. The molecular formula is C7H13Br2N2O+. The number of urea groups is 1. The molecule has 0 saturated carbocycles. The number of nitrogens with one attached hydrogen (secondary N) is 1. The third kappa shape index (κ3) is 1.06. The van der Waals surface area contributed by atoms with E-state index in [4.69, 9.17) is 0 Å². The number of quaternary nitrogens is 1. The summed E-state index contributed by atoms with van der Waals surface area (Å²) in [7, 11) is 0. The zero-order valence-corrected chi connectivity index (χ0v) is 10.8. The van der Waals surface area contributed by atoms with Crippen molar-refractivity contribution in [2.45, 2.75) is 38.8 Å². The third-order valence-electron chi connectivity index (χ3n) is 2.91. The minimum Gasteiger partial charge on any atom is -0.293 e. The molecule has 0 aromatic rings. The summed E-state index contributed by atoms with van der Waals surface area (Å²) in [6, 6.07) is -0.0648. The molecule has 1 N–H and O–H groups in total. The van der Waals surface area contributed by atoms with Crippen LogP contribution >= 0.6 is 32.3 Å². The Morgan fingerprint density at radius 1 is 1.25 bits per heavy atom. The molecule has 2 amide bonds. The van der Waals surface area contributed by atoms with Crippen molar-refractivity contribution in [1.82, 2.24) is 5.32 Å². The van der Waals surface area contributed by atoms with Crippen molar-refractivity contribution in [3.8, 4) is 0 Å². The Morgan fingerprint density at radius 3 is 1.75 bits per heavy atom. The van der Waals surface area contributed by atoms with E-state index in [0.717, 1.165) is 0 Å². The average Bonchev–Trinajstić information content (AvgIpc) is 1.92. The monoisotopic (exact) mass is 299 g/mol. The van der Waals surface area contributed by atoms with Crippen LogP contribution in [0.2, 0.25) is 0 Å². The third-order valence-corrected chi connectivity index (χ3v) is 5.32. The van der Waals surface area contributed by atoms with E-state index in [1.54, 1.807) is 0 Å². The molecule has 1 saturated heterocycles. The second-order valence-corrected chi connectivity index (χ2v) is 7.21. The Kier molecular flexibility index (Phi) is 2.14. The van der Waals surface area contributed by atoms with Crippen molar-refractivity contribution in [1.29, 1.82) is 0 Å². The first-order chi connectivity index (χ1) is 5.13. The average molecular weight is 301 g/mol. The number of halogens is 2. The summed E-state index contributed by atoms with van der Waals surface area (Å²) in [5.41, 5.74) is -0.457. The maximum Gasteiger partial charge on any atom is 0.438 e. The number of amides is 2. The highest BCUT2D eigenvalue weighted by Crippen LogP contribution is 2.47. The van der Waals surface area contributed by atoms with Crippen molar-refractivity contribution >= 4 is 38.3 Å². The molecule has 0 bridgehead atoms. The number of nitrogens with zero attached hydrogens (tertiary/aromatic N) is 1. The van der Waals surface area contributed by atoms with Crippen LogP contribution in [0.4, 0.5) is 4.79 Å². The van der Waals surface area contributed by atoms with E-state index >= 15 is 0 Å². The number of hydrogen-bond acceptors (Lipinski definition) is 1. The second kappa shape index (κ2) is 2.45. The van der Waals surface area contributed by atoms with Gasteiger partial charge in [0.05, 0.1) is 5.54 Å². The van der Waals surface area contributed by atoms with Gasteiger partial charge in [-0.2, -0.15) is 0 Å². The predicted octanol–water partition coefficient (Wildman–Crippen LogP) is 2.70. The van der Waals surface area contributed by atoms with Gasteiger partial charge in [0, 0.05) is 0 Å². The van der Waals surface area contributed by atoms with Crippen LogP contribution in [0.5, 0.6) is 0 Å². The van der Waals surface area contributed by atoms with Gasteiger partial charge >= 0.3 is 6.03 Å². The lowest BCUT2D eigenvalue weighted by molar-refractivity contribution is -0.583. The van der Waals surface area contributed by atoms with Crippen molar-refractivity contribution in [2.75, 3.05) is 0 Å². The van der Waals surface area contributed by atoms with Crippen molar-refractivity contribution in [3.05, 3.63) is 0 Å². The van der Waals surface area contributed by atoms with Gasteiger partial charge in [-0.25, -0.2) is 4.79 Å². The molecule has 0 aromatic carbocycles. The van der Waals surface area contributed by atoms with Gasteiger partial charge in [-0.15, -0.1) is 2.54 Å². The van der Waals surface area contributed by atoms with E-state index < -0.39 is 0 Å². The Balaban J connectivity index is 3.19. The Morgan fingerprint density at radius 2 is 1.67 bits per heavy atom. The fourth-order valence-electron chi connectivity index (χ4n) is 1.10. The molecule has 0 aromatic heterocycles. The number of carbonyl (C=O) groups is 1. The molecule has 0 radical (unpaired) electrons. The van der Waals surface area contributed by atoms with Crippen LogP contribution in [-0.4, -0.2) is 19.6 Å². The van der Waals surface area contributed by atoms with Crippen LogP contribution in [0, 0.1) is 0 Å². The lowest BCUT2D eigenvalue weighted by atomic mass is 9.85. The smallest absolute Gasteiger partial charge is 0.293 e. The molecule has 0 aliphatic carbocycles. The first-order valence-electron chi connectivity index (χ1n) is 3.74. The van der Waals surface area contributed by atoms with Crippen LogP contribution < -0.4 is 5.32 Å². The minimum absolute atomic E-state index is 0.0278. The summed E-state index contributed by atoms with van der Waals surface area (Å²) in [6.07, 6.45) is 0. The van der Waals surface area contributed by atoms with Crippen molar-refractivity contribution in [2.24, 2.45) is 0 Å². The van der Waals surface area contributed by atoms with Gasteiger partial charge in [-0.1, -0.05) is 0 Å². The largest absolute Gasteiger partial charge is 0.438 e. The quantitative estimate of drug-likeness (QED) is 0.685. The van der Waals surface area contributed by atoms with Gasteiger partial charge in [0.1, 0.15) is 5.54 Å². The highest BCUT2D eigenvalue weighted by molar-refractivity contribution is 9.16. The van der Waals surface area contributed by atoms with Gasteiger partial charge < -0.3 is 0 Å². The topological polar surface area (TPSA) is 29.1 Å². The molecule has 0 spiro atoms. The van der Waals surface area contributed by atoms with E-state index in [1.807, 2.05) is 27.7 Å².